The van der Waals surface area contributed by atoms with Crippen LogP contribution in [-0.2, 0) is 0 Å². The Morgan fingerprint density at radius 2 is 1.71 bits per heavy atom. The average Bonchev–Trinajstić information content (AvgIpc) is 2.15. The molecule has 0 spiro atoms. The number of carboxylic acids is 1. The molecule has 1 aromatic carbocycles. The maximum absolute atomic E-state index is 10.9. The van der Waals surface area contributed by atoms with Gasteiger partial charge in [-0.2, -0.15) is 0 Å². The first-order valence-electron chi connectivity index (χ1n) is 3.85. The second-order valence-electron chi connectivity index (χ2n) is 2.61. The Morgan fingerprint density at radius 3 is 2.00 bits per heavy atom. The summed E-state index contributed by atoms with van der Waals surface area (Å²) < 4.78 is 9.78. The van der Waals surface area contributed by atoms with Gasteiger partial charge in [0.1, 0.15) is 24.9 Å². The molecule has 0 fully saturated rings. The second kappa shape index (κ2) is 4.04. The number of carbonyl (C=O) groups is 1. The summed E-state index contributed by atoms with van der Waals surface area (Å²) in [6, 6.07) is 2.87. The Morgan fingerprint density at radius 1 is 1.29 bits per heavy atom. The molecule has 4 nitrogen and oxygen atoms in total. The van der Waals surface area contributed by atoms with E-state index in [0.717, 1.165) is 0 Å². The maximum Gasteiger partial charge on any atom is 0.343 e. The van der Waals surface area contributed by atoms with Crippen molar-refractivity contribution in [2.75, 3.05) is 14.2 Å². The molecule has 0 unspecified atom stereocenters. The largest absolute Gasteiger partial charge is 0.496 e. The molecule has 1 rings (SSSR count). The molecule has 0 saturated carbocycles. The van der Waals surface area contributed by atoms with E-state index in [1.54, 1.807) is 0 Å². The smallest absolute Gasteiger partial charge is 0.343 e. The van der Waals surface area contributed by atoms with Crippen molar-refractivity contribution in [1.29, 1.82) is 0 Å². The minimum absolute atomic E-state index is 0.0239. The zero-order chi connectivity index (χ0) is 10.7. The number of benzene rings is 1. The van der Waals surface area contributed by atoms with Crippen LogP contribution in [0.4, 0.5) is 0 Å². The van der Waals surface area contributed by atoms with Gasteiger partial charge in [0, 0.05) is 0 Å². The van der Waals surface area contributed by atoms with Gasteiger partial charge in [0.2, 0.25) is 0 Å². The third kappa shape index (κ3) is 1.81. The molecule has 2 radical (unpaired) electrons. The SMILES string of the molecule is [B]c1cc(OC)c(C(=O)O)c(OC)c1. The molecule has 0 heterocycles. The highest BCUT2D eigenvalue weighted by Gasteiger charge is 2.17. The third-order valence-corrected chi connectivity index (χ3v) is 1.74. The number of carboxylic acid groups (broad SMARTS) is 1. The fraction of sp³-hybridized carbons (Fsp3) is 0.222. The number of rotatable bonds is 3. The number of methoxy groups -OCH3 is 2. The van der Waals surface area contributed by atoms with Crippen molar-refractivity contribution >= 4 is 19.3 Å². The van der Waals surface area contributed by atoms with Crippen LogP contribution in [0.3, 0.4) is 0 Å². The van der Waals surface area contributed by atoms with Crippen LogP contribution in [0.25, 0.3) is 0 Å². The van der Waals surface area contributed by atoms with E-state index in [2.05, 4.69) is 0 Å². The average molecular weight is 192 g/mol. The van der Waals surface area contributed by atoms with Crippen LogP contribution >= 0.6 is 0 Å². The molecular formula is C9H9BO4. The molecular weight excluding hydrogens is 183 g/mol. The van der Waals surface area contributed by atoms with Gasteiger partial charge >= 0.3 is 5.97 Å². The normalized spacial score (nSPS) is 9.57. The first-order valence-corrected chi connectivity index (χ1v) is 3.85. The van der Waals surface area contributed by atoms with Crippen LogP contribution < -0.4 is 14.9 Å². The van der Waals surface area contributed by atoms with Gasteiger partial charge < -0.3 is 14.6 Å². The molecule has 0 saturated heterocycles. The molecule has 0 atom stereocenters. The monoisotopic (exact) mass is 192 g/mol. The van der Waals surface area contributed by atoms with Crippen LogP contribution in [0.15, 0.2) is 12.1 Å². The van der Waals surface area contributed by atoms with Gasteiger partial charge in [-0.3, -0.25) is 0 Å². The van der Waals surface area contributed by atoms with Gasteiger partial charge in [0.15, 0.2) is 0 Å². The first-order chi connectivity index (χ1) is 6.60. The van der Waals surface area contributed by atoms with Gasteiger partial charge in [-0.25, -0.2) is 4.79 Å². The van der Waals surface area contributed by atoms with Crippen LogP contribution in [0.5, 0.6) is 11.5 Å². The Bertz CT molecular complexity index is 337. The van der Waals surface area contributed by atoms with E-state index >= 15 is 0 Å². The van der Waals surface area contributed by atoms with Crippen LogP contribution in [0.1, 0.15) is 10.4 Å². The van der Waals surface area contributed by atoms with Crippen molar-refractivity contribution in [3.05, 3.63) is 17.7 Å². The Balaban J connectivity index is 3.40. The van der Waals surface area contributed by atoms with Crippen molar-refractivity contribution in [2.45, 2.75) is 0 Å². The predicted molar refractivity (Wildman–Crippen MR) is 51.9 cm³/mol. The van der Waals surface area contributed by atoms with Crippen LogP contribution in [0, 0.1) is 0 Å². The molecule has 1 N–H and O–H groups in total. The molecule has 0 aliphatic rings. The van der Waals surface area contributed by atoms with Crippen molar-refractivity contribution in [3.63, 3.8) is 0 Å². The molecule has 0 aliphatic heterocycles. The zero-order valence-corrected chi connectivity index (χ0v) is 7.90. The number of hydrogen-bond acceptors (Lipinski definition) is 3. The molecule has 0 bridgehead atoms. The Hall–Kier alpha value is -1.65. The Labute approximate surface area is 82.9 Å². The molecule has 0 aliphatic carbocycles. The lowest BCUT2D eigenvalue weighted by Crippen LogP contribution is -2.10. The van der Waals surface area contributed by atoms with Crippen molar-refractivity contribution in [2.24, 2.45) is 0 Å². The number of aromatic carboxylic acids is 1. The summed E-state index contributed by atoms with van der Waals surface area (Å²) in [6.45, 7) is 0. The van der Waals surface area contributed by atoms with Gasteiger partial charge in [0.05, 0.1) is 14.2 Å². The lowest BCUT2D eigenvalue weighted by molar-refractivity contribution is 0.0689. The fourth-order valence-corrected chi connectivity index (χ4v) is 1.14. The van der Waals surface area contributed by atoms with E-state index in [0.29, 0.717) is 5.46 Å². The highest BCUT2D eigenvalue weighted by molar-refractivity contribution is 6.32. The molecule has 0 amide bonds. The van der Waals surface area contributed by atoms with E-state index in [1.165, 1.54) is 26.4 Å². The van der Waals surface area contributed by atoms with Gasteiger partial charge in [0.25, 0.3) is 0 Å². The van der Waals surface area contributed by atoms with Crippen molar-refractivity contribution in [3.8, 4) is 11.5 Å². The van der Waals surface area contributed by atoms with E-state index in [1.807, 2.05) is 0 Å². The summed E-state index contributed by atoms with van der Waals surface area (Å²) in [5.41, 5.74) is 0.368. The topological polar surface area (TPSA) is 55.8 Å². The molecule has 0 aromatic heterocycles. The molecule has 1 aromatic rings. The number of hydrogen-bond donors (Lipinski definition) is 1. The molecule has 14 heavy (non-hydrogen) atoms. The lowest BCUT2D eigenvalue weighted by Gasteiger charge is -2.10. The van der Waals surface area contributed by atoms with E-state index in [4.69, 9.17) is 22.4 Å². The highest BCUT2D eigenvalue weighted by Crippen LogP contribution is 2.26. The van der Waals surface area contributed by atoms with Crippen LogP contribution in [0.2, 0.25) is 0 Å². The third-order valence-electron chi connectivity index (χ3n) is 1.74. The molecule has 5 heteroatoms. The Kier molecular flexibility index (Phi) is 3.01. The quantitative estimate of drug-likeness (QED) is 0.694. The summed E-state index contributed by atoms with van der Waals surface area (Å²) in [5.74, 6) is -0.734. The summed E-state index contributed by atoms with van der Waals surface area (Å²) >= 11 is 0. The lowest BCUT2D eigenvalue weighted by atomic mass is 9.94. The summed E-state index contributed by atoms with van der Waals surface area (Å²) in [4.78, 5) is 10.9. The van der Waals surface area contributed by atoms with E-state index in [9.17, 15) is 4.79 Å². The number of ether oxygens (including phenoxy) is 2. The summed E-state index contributed by atoms with van der Waals surface area (Å²) in [6.07, 6.45) is 0. The minimum Gasteiger partial charge on any atom is -0.496 e. The molecule has 72 valence electrons. The summed E-state index contributed by atoms with van der Waals surface area (Å²) in [7, 11) is 8.28. The van der Waals surface area contributed by atoms with Crippen molar-refractivity contribution < 1.29 is 19.4 Å². The fourth-order valence-electron chi connectivity index (χ4n) is 1.14. The van der Waals surface area contributed by atoms with Gasteiger partial charge in [-0.1, -0.05) is 5.46 Å². The van der Waals surface area contributed by atoms with E-state index < -0.39 is 5.97 Å². The maximum atomic E-state index is 10.9. The zero-order valence-electron chi connectivity index (χ0n) is 7.90. The highest BCUT2D eigenvalue weighted by atomic mass is 16.5. The van der Waals surface area contributed by atoms with Crippen LogP contribution in [-0.4, -0.2) is 33.1 Å². The first kappa shape index (κ1) is 10.4. The second-order valence-corrected chi connectivity index (χ2v) is 2.61. The minimum atomic E-state index is -1.11. The standard InChI is InChI=1S/C9H9BO4/c1-13-6-3-5(10)4-7(14-2)8(6)9(11)12/h3-4H,1-2H3,(H,11,12). The van der Waals surface area contributed by atoms with Gasteiger partial charge in [-0.05, 0) is 12.1 Å². The van der Waals surface area contributed by atoms with E-state index in [-0.39, 0.29) is 17.1 Å². The van der Waals surface area contributed by atoms with Crippen molar-refractivity contribution in [1.82, 2.24) is 0 Å². The summed E-state index contributed by atoms with van der Waals surface area (Å²) in [5, 5.41) is 8.90. The predicted octanol–water partition coefficient (Wildman–Crippen LogP) is 0.196. The van der Waals surface area contributed by atoms with Gasteiger partial charge in [-0.15, -0.1) is 0 Å².